The van der Waals surface area contributed by atoms with Crippen molar-refractivity contribution < 1.29 is 14.0 Å². The molecule has 2 aromatic carbocycles. The van der Waals surface area contributed by atoms with Crippen molar-refractivity contribution in [1.82, 2.24) is 10.2 Å². The third kappa shape index (κ3) is 5.74. The van der Waals surface area contributed by atoms with Gasteiger partial charge in [-0.2, -0.15) is 0 Å². The van der Waals surface area contributed by atoms with Gasteiger partial charge in [0, 0.05) is 24.1 Å². The maximum absolute atomic E-state index is 13.9. The van der Waals surface area contributed by atoms with Gasteiger partial charge >= 0.3 is 0 Å². The number of para-hydroxylation sites is 1. The number of hydrogen-bond acceptors (Lipinski definition) is 3. The Kier molecular flexibility index (Phi) is 7.53. The van der Waals surface area contributed by atoms with E-state index >= 15 is 0 Å². The van der Waals surface area contributed by atoms with Crippen LogP contribution in [-0.4, -0.2) is 35.8 Å². The fraction of sp³-hybridized carbons (Fsp3) is 0.462. The van der Waals surface area contributed by atoms with E-state index in [2.05, 4.69) is 15.5 Å². The molecule has 1 saturated heterocycles. The Bertz CT molecular complexity index is 934. The molecular formula is C26H32FN3O2. The van der Waals surface area contributed by atoms with Crippen LogP contribution < -0.4 is 10.6 Å². The zero-order chi connectivity index (χ0) is 22.3. The summed E-state index contributed by atoms with van der Waals surface area (Å²) in [7, 11) is 0. The lowest BCUT2D eigenvalue weighted by molar-refractivity contribution is -0.121. The Hall–Kier alpha value is -2.73. The Morgan fingerprint density at radius 3 is 2.34 bits per heavy atom. The van der Waals surface area contributed by atoms with E-state index in [0.717, 1.165) is 51.6 Å². The van der Waals surface area contributed by atoms with Crippen molar-refractivity contribution in [2.75, 3.05) is 18.4 Å². The van der Waals surface area contributed by atoms with Gasteiger partial charge in [0.15, 0.2) is 0 Å². The molecule has 2 amide bonds. The van der Waals surface area contributed by atoms with Gasteiger partial charge < -0.3 is 10.6 Å². The molecule has 1 heterocycles. The fourth-order valence-electron chi connectivity index (χ4n) is 4.76. The predicted octanol–water partition coefficient (Wildman–Crippen LogP) is 4.74. The monoisotopic (exact) mass is 437 g/mol. The van der Waals surface area contributed by atoms with Crippen molar-refractivity contribution in [3.05, 3.63) is 65.5 Å². The molecule has 0 radical (unpaired) electrons. The average Bonchev–Trinajstić information content (AvgIpc) is 2.82. The maximum atomic E-state index is 13.9. The molecule has 1 aliphatic heterocycles. The van der Waals surface area contributed by atoms with Gasteiger partial charge in [0.25, 0.3) is 5.91 Å². The molecule has 2 aliphatic rings. The summed E-state index contributed by atoms with van der Waals surface area (Å²) >= 11 is 0. The molecular weight excluding hydrogens is 405 g/mol. The quantitative estimate of drug-likeness (QED) is 0.686. The molecule has 2 N–H and O–H groups in total. The van der Waals surface area contributed by atoms with Gasteiger partial charge in [0.05, 0.1) is 11.3 Å². The first-order valence-corrected chi connectivity index (χ1v) is 11.8. The van der Waals surface area contributed by atoms with Crippen LogP contribution in [0.5, 0.6) is 0 Å². The Labute approximate surface area is 189 Å². The molecule has 1 aliphatic carbocycles. The van der Waals surface area contributed by atoms with E-state index in [1.54, 1.807) is 18.2 Å². The number of benzene rings is 2. The average molecular weight is 438 g/mol. The molecule has 0 atom stereocenters. The van der Waals surface area contributed by atoms with Crippen LogP contribution in [0, 0.1) is 11.7 Å². The van der Waals surface area contributed by atoms with E-state index in [9.17, 15) is 14.0 Å². The molecule has 0 spiro atoms. The second-order valence-corrected chi connectivity index (χ2v) is 8.99. The van der Waals surface area contributed by atoms with Crippen LogP contribution in [-0.2, 0) is 11.3 Å². The third-order valence-corrected chi connectivity index (χ3v) is 6.68. The highest BCUT2D eigenvalue weighted by atomic mass is 19.1. The van der Waals surface area contributed by atoms with Gasteiger partial charge in [0.1, 0.15) is 5.82 Å². The van der Waals surface area contributed by atoms with Gasteiger partial charge in [-0.3, -0.25) is 14.5 Å². The van der Waals surface area contributed by atoms with Crippen molar-refractivity contribution in [3.63, 3.8) is 0 Å². The minimum Gasteiger partial charge on any atom is -0.349 e. The van der Waals surface area contributed by atoms with Crippen LogP contribution in [0.2, 0.25) is 0 Å². The van der Waals surface area contributed by atoms with Gasteiger partial charge in [-0.05, 0) is 57.0 Å². The first-order valence-electron chi connectivity index (χ1n) is 11.8. The number of nitrogens with one attached hydrogen (secondary N) is 2. The Morgan fingerprint density at radius 2 is 1.59 bits per heavy atom. The van der Waals surface area contributed by atoms with Crippen molar-refractivity contribution in [1.29, 1.82) is 0 Å². The number of rotatable bonds is 6. The number of nitrogens with zero attached hydrogens (tertiary/aromatic N) is 1. The molecule has 170 valence electrons. The second-order valence-electron chi connectivity index (χ2n) is 8.99. The zero-order valence-electron chi connectivity index (χ0n) is 18.5. The van der Waals surface area contributed by atoms with Crippen LogP contribution in [0.25, 0.3) is 0 Å². The molecule has 4 rings (SSSR count). The molecule has 2 aromatic rings. The number of likely N-dealkylation sites (tertiary alicyclic amines) is 1. The van der Waals surface area contributed by atoms with Crippen molar-refractivity contribution in [3.8, 4) is 0 Å². The molecule has 0 bridgehead atoms. The molecule has 0 unspecified atom stereocenters. The van der Waals surface area contributed by atoms with Gasteiger partial charge in [-0.1, -0.05) is 49.6 Å². The van der Waals surface area contributed by atoms with E-state index in [-0.39, 0.29) is 29.6 Å². The number of halogens is 1. The van der Waals surface area contributed by atoms with Crippen LogP contribution >= 0.6 is 0 Å². The Morgan fingerprint density at radius 1 is 0.906 bits per heavy atom. The highest BCUT2D eigenvalue weighted by Gasteiger charge is 2.26. The lowest BCUT2D eigenvalue weighted by Gasteiger charge is -2.31. The van der Waals surface area contributed by atoms with Gasteiger partial charge in [0.2, 0.25) is 5.91 Å². The van der Waals surface area contributed by atoms with Gasteiger partial charge in [-0.15, -0.1) is 0 Å². The summed E-state index contributed by atoms with van der Waals surface area (Å²) in [5, 5.41) is 6.13. The highest BCUT2D eigenvalue weighted by molar-refractivity contribution is 6.04. The number of carbonyl (C=O) groups excluding carboxylic acids is 2. The lowest BCUT2D eigenvalue weighted by atomic mass is 9.94. The van der Waals surface area contributed by atoms with Crippen LogP contribution in [0.3, 0.4) is 0 Å². The Balaban J connectivity index is 1.31. The van der Waals surface area contributed by atoms with E-state index in [0.29, 0.717) is 23.4 Å². The van der Waals surface area contributed by atoms with E-state index in [1.807, 2.05) is 24.3 Å². The topological polar surface area (TPSA) is 61.4 Å². The number of piperidine rings is 1. The SMILES string of the molecule is O=C(NC1CCCCC1)c1ccccc1NC(=O)C1CCN(Cc2ccccc2F)CC1. The smallest absolute Gasteiger partial charge is 0.253 e. The minimum absolute atomic E-state index is 0.0477. The van der Waals surface area contributed by atoms with Crippen LogP contribution in [0.1, 0.15) is 60.9 Å². The number of carbonyl (C=O) groups is 2. The van der Waals surface area contributed by atoms with Crippen molar-refractivity contribution >= 4 is 17.5 Å². The first-order chi connectivity index (χ1) is 15.6. The minimum atomic E-state index is -0.185. The highest BCUT2D eigenvalue weighted by Crippen LogP contribution is 2.24. The number of amides is 2. The van der Waals surface area contributed by atoms with Crippen molar-refractivity contribution in [2.45, 2.75) is 57.5 Å². The fourth-order valence-corrected chi connectivity index (χ4v) is 4.76. The van der Waals surface area contributed by atoms with Crippen LogP contribution in [0.15, 0.2) is 48.5 Å². The zero-order valence-corrected chi connectivity index (χ0v) is 18.5. The maximum Gasteiger partial charge on any atom is 0.253 e. The molecule has 5 nitrogen and oxygen atoms in total. The molecule has 1 saturated carbocycles. The standard InChI is InChI=1S/C26H32FN3O2/c27-23-12-6-4-8-20(23)18-30-16-14-19(15-17-30)25(31)29-24-13-7-5-11-22(24)26(32)28-21-9-2-1-3-10-21/h4-8,11-13,19,21H,1-3,9-10,14-18H2,(H,28,32)(H,29,31). The molecule has 0 aromatic heterocycles. The summed E-state index contributed by atoms with van der Waals surface area (Å²) < 4.78 is 13.9. The van der Waals surface area contributed by atoms with E-state index < -0.39 is 0 Å². The third-order valence-electron chi connectivity index (χ3n) is 6.68. The second kappa shape index (κ2) is 10.7. The van der Waals surface area contributed by atoms with Crippen LogP contribution in [0.4, 0.5) is 10.1 Å². The summed E-state index contributed by atoms with van der Waals surface area (Å²) in [5.41, 5.74) is 1.77. The largest absolute Gasteiger partial charge is 0.349 e. The van der Waals surface area contributed by atoms with E-state index in [1.165, 1.54) is 12.5 Å². The van der Waals surface area contributed by atoms with E-state index in [4.69, 9.17) is 0 Å². The predicted molar refractivity (Wildman–Crippen MR) is 124 cm³/mol. The molecule has 6 heteroatoms. The first kappa shape index (κ1) is 22.5. The summed E-state index contributed by atoms with van der Waals surface area (Å²) in [6.45, 7) is 2.05. The summed E-state index contributed by atoms with van der Waals surface area (Å²) in [6, 6.07) is 14.3. The van der Waals surface area contributed by atoms with Crippen molar-refractivity contribution in [2.24, 2.45) is 5.92 Å². The van der Waals surface area contributed by atoms with Gasteiger partial charge in [-0.25, -0.2) is 4.39 Å². The normalized spacial score (nSPS) is 18.3. The number of hydrogen-bond donors (Lipinski definition) is 2. The lowest BCUT2D eigenvalue weighted by Crippen LogP contribution is -2.38. The summed E-state index contributed by atoms with van der Waals surface area (Å²) in [6.07, 6.45) is 7.01. The number of anilines is 1. The molecule has 32 heavy (non-hydrogen) atoms. The molecule has 2 fully saturated rings. The summed E-state index contributed by atoms with van der Waals surface area (Å²) in [5.74, 6) is -0.460. The summed E-state index contributed by atoms with van der Waals surface area (Å²) in [4.78, 5) is 28.0.